The van der Waals surface area contributed by atoms with Crippen molar-refractivity contribution in [3.8, 4) is 55.6 Å². The number of nitrogens with zero attached hydrogens (tertiary/aromatic N) is 1. The quantitative estimate of drug-likeness (QED) is 0.147. The molecule has 0 aromatic heterocycles. The van der Waals surface area contributed by atoms with Gasteiger partial charge in [0, 0.05) is 22.5 Å². The van der Waals surface area contributed by atoms with Crippen LogP contribution in [-0.2, 0) is 10.8 Å². The molecule has 11 aromatic carbocycles. The molecule has 0 N–H and O–H groups in total. The van der Waals surface area contributed by atoms with E-state index in [2.05, 4.69) is 280 Å². The fourth-order valence-electron chi connectivity index (χ4n) is 11.9. The first-order chi connectivity index (χ1) is 34.0. The molecular formula is C68H49N. The van der Waals surface area contributed by atoms with Crippen LogP contribution in [0.2, 0.25) is 0 Å². The molecule has 1 heteroatoms. The average Bonchev–Trinajstić information content (AvgIpc) is 3.84. The lowest BCUT2D eigenvalue weighted by molar-refractivity contribution is 0.660. The summed E-state index contributed by atoms with van der Waals surface area (Å²) in [6, 6.07) is 96.8. The first-order valence-electron chi connectivity index (χ1n) is 24.2. The minimum Gasteiger partial charge on any atom is -0.310 e. The summed E-state index contributed by atoms with van der Waals surface area (Å²) in [6.45, 7) is 4.75. The Bertz CT molecular complexity index is 3680. The van der Waals surface area contributed by atoms with Crippen LogP contribution in [-0.4, -0.2) is 0 Å². The van der Waals surface area contributed by atoms with Gasteiger partial charge in [-0.1, -0.05) is 238 Å². The Kier molecular flexibility index (Phi) is 9.49. The molecule has 0 radical (unpaired) electrons. The summed E-state index contributed by atoms with van der Waals surface area (Å²) in [5, 5.41) is 2.48. The first-order valence-corrected chi connectivity index (χ1v) is 24.2. The Hall–Kier alpha value is -8.52. The van der Waals surface area contributed by atoms with E-state index in [0.717, 1.165) is 17.1 Å². The molecule has 69 heavy (non-hydrogen) atoms. The van der Waals surface area contributed by atoms with Crippen LogP contribution >= 0.6 is 0 Å². The second-order valence-electron chi connectivity index (χ2n) is 19.2. The number of rotatable bonds is 8. The van der Waals surface area contributed by atoms with Crippen LogP contribution in [0.3, 0.4) is 0 Å². The average molecular weight is 880 g/mol. The molecule has 2 aliphatic carbocycles. The third-order valence-corrected chi connectivity index (χ3v) is 15.2. The lowest BCUT2D eigenvalue weighted by Gasteiger charge is -2.35. The van der Waals surface area contributed by atoms with Gasteiger partial charge in [0.1, 0.15) is 0 Å². The van der Waals surface area contributed by atoms with Crippen LogP contribution in [0.5, 0.6) is 0 Å². The number of fused-ring (bicyclic) bond motifs is 7. The van der Waals surface area contributed by atoms with E-state index in [4.69, 9.17) is 0 Å². The highest BCUT2D eigenvalue weighted by Crippen LogP contribution is 2.58. The summed E-state index contributed by atoms with van der Waals surface area (Å²) >= 11 is 0. The van der Waals surface area contributed by atoms with E-state index in [1.165, 1.54) is 99.8 Å². The van der Waals surface area contributed by atoms with Crippen molar-refractivity contribution in [2.75, 3.05) is 4.90 Å². The largest absolute Gasteiger partial charge is 0.310 e. The van der Waals surface area contributed by atoms with Crippen LogP contribution in [0, 0.1) is 0 Å². The van der Waals surface area contributed by atoms with E-state index in [-0.39, 0.29) is 5.41 Å². The van der Waals surface area contributed by atoms with Gasteiger partial charge in [-0.15, -0.1) is 0 Å². The zero-order chi connectivity index (χ0) is 46.1. The summed E-state index contributed by atoms with van der Waals surface area (Å²) in [5.41, 5.74) is 22.9. The van der Waals surface area contributed by atoms with Crippen molar-refractivity contribution in [3.63, 3.8) is 0 Å². The summed E-state index contributed by atoms with van der Waals surface area (Å²) in [7, 11) is 0. The zero-order valence-corrected chi connectivity index (χ0v) is 38.8. The van der Waals surface area contributed by atoms with E-state index >= 15 is 0 Å². The molecule has 0 amide bonds. The summed E-state index contributed by atoms with van der Waals surface area (Å²) in [5.74, 6) is 0. The predicted octanol–water partition coefficient (Wildman–Crippen LogP) is 18.0. The van der Waals surface area contributed by atoms with Crippen molar-refractivity contribution in [1.82, 2.24) is 0 Å². The third kappa shape index (κ3) is 6.38. The van der Waals surface area contributed by atoms with Crippen molar-refractivity contribution in [3.05, 3.63) is 294 Å². The molecule has 0 fully saturated rings. The molecular weight excluding hydrogens is 831 g/mol. The maximum Gasteiger partial charge on any atom is 0.0714 e. The van der Waals surface area contributed by atoms with Gasteiger partial charge in [-0.05, 0) is 136 Å². The van der Waals surface area contributed by atoms with Crippen molar-refractivity contribution < 1.29 is 0 Å². The van der Waals surface area contributed by atoms with Crippen LogP contribution in [0.1, 0.15) is 47.2 Å². The van der Waals surface area contributed by atoms with E-state index < -0.39 is 5.41 Å². The van der Waals surface area contributed by atoms with Crippen LogP contribution in [0.15, 0.2) is 261 Å². The van der Waals surface area contributed by atoms with Gasteiger partial charge in [-0.2, -0.15) is 0 Å². The van der Waals surface area contributed by atoms with Crippen LogP contribution < -0.4 is 4.90 Å². The highest BCUT2D eigenvalue weighted by atomic mass is 15.1. The van der Waals surface area contributed by atoms with E-state index in [1.54, 1.807) is 0 Å². The van der Waals surface area contributed by atoms with Gasteiger partial charge in [-0.3, -0.25) is 0 Å². The predicted molar refractivity (Wildman–Crippen MR) is 290 cm³/mol. The zero-order valence-electron chi connectivity index (χ0n) is 38.8. The van der Waals surface area contributed by atoms with Crippen molar-refractivity contribution in [1.29, 1.82) is 0 Å². The Labute approximate surface area is 405 Å². The SMILES string of the molecule is CC1(C)c2ccccc2-c2ccc(N(c3ccc(-c4ccc5ccccc5c4-c4ccc(-c5ccccc5)cc4)cc3)c3ccc4c(c3)C(c3ccccc3)(c3ccccc3)c3ccccc3-4)cc21. The van der Waals surface area contributed by atoms with Gasteiger partial charge >= 0.3 is 0 Å². The highest BCUT2D eigenvalue weighted by Gasteiger charge is 2.46. The van der Waals surface area contributed by atoms with Gasteiger partial charge in [0.15, 0.2) is 0 Å². The fraction of sp³-hybridized carbons (Fsp3) is 0.0588. The Morgan fingerprint density at radius 3 is 1.41 bits per heavy atom. The molecule has 0 saturated heterocycles. The highest BCUT2D eigenvalue weighted by molar-refractivity contribution is 6.04. The van der Waals surface area contributed by atoms with Crippen molar-refractivity contribution in [2.45, 2.75) is 24.7 Å². The van der Waals surface area contributed by atoms with Gasteiger partial charge in [0.05, 0.1) is 5.41 Å². The molecule has 13 rings (SSSR count). The van der Waals surface area contributed by atoms with E-state index in [0.29, 0.717) is 0 Å². The number of hydrogen-bond donors (Lipinski definition) is 0. The molecule has 1 nitrogen and oxygen atoms in total. The normalized spacial score (nSPS) is 13.6. The van der Waals surface area contributed by atoms with Gasteiger partial charge in [0.25, 0.3) is 0 Å². The standard InChI is InChI=1S/C68H49N/c1-67(2)62-28-16-14-26-58(62)60-42-39-54(44-64(60)67)69(55-40-43-61-59-27-15-17-29-63(59)68(65(61)45-55,51-21-8-4-9-22-51)52-23-10-5-11-24-52)53-37-34-49(35-38-53)57-41-36-48-20-12-13-25-56(48)66(57)50-32-30-47(31-33-50)46-18-6-3-7-19-46/h3-45H,1-2H3. The lowest BCUT2D eigenvalue weighted by atomic mass is 9.67. The molecule has 0 aliphatic heterocycles. The van der Waals surface area contributed by atoms with Gasteiger partial charge in [-0.25, -0.2) is 0 Å². The summed E-state index contributed by atoms with van der Waals surface area (Å²) < 4.78 is 0. The smallest absolute Gasteiger partial charge is 0.0714 e. The number of benzene rings is 11. The van der Waals surface area contributed by atoms with Crippen molar-refractivity contribution in [2.24, 2.45) is 0 Å². The van der Waals surface area contributed by atoms with Crippen LogP contribution in [0.4, 0.5) is 17.1 Å². The number of anilines is 3. The van der Waals surface area contributed by atoms with E-state index in [9.17, 15) is 0 Å². The second kappa shape index (κ2) is 16.1. The Morgan fingerprint density at radius 2 is 0.739 bits per heavy atom. The molecule has 0 atom stereocenters. The fourth-order valence-corrected chi connectivity index (χ4v) is 11.9. The van der Waals surface area contributed by atoms with Gasteiger partial charge in [0.2, 0.25) is 0 Å². The molecule has 0 spiro atoms. The monoisotopic (exact) mass is 879 g/mol. The topological polar surface area (TPSA) is 3.24 Å². The molecule has 0 saturated carbocycles. The minimum atomic E-state index is -0.520. The molecule has 11 aromatic rings. The molecule has 2 aliphatic rings. The Morgan fingerprint density at radius 1 is 0.290 bits per heavy atom. The summed E-state index contributed by atoms with van der Waals surface area (Å²) in [4.78, 5) is 2.48. The molecule has 0 bridgehead atoms. The van der Waals surface area contributed by atoms with Gasteiger partial charge < -0.3 is 4.90 Å². The molecule has 326 valence electrons. The summed E-state index contributed by atoms with van der Waals surface area (Å²) in [6.07, 6.45) is 0. The maximum atomic E-state index is 2.48. The number of hydrogen-bond acceptors (Lipinski definition) is 1. The molecule has 0 unspecified atom stereocenters. The molecule has 0 heterocycles. The maximum absolute atomic E-state index is 2.48. The minimum absolute atomic E-state index is 0.154. The first kappa shape index (κ1) is 40.7. The van der Waals surface area contributed by atoms with E-state index in [1.807, 2.05) is 0 Å². The second-order valence-corrected chi connectivity index (χ2v) is 19.2. The van der Waals surface area contributed by atoms with Crippen LogP contribution in [0.25, 0.3) is 66.4 Å². The lowest BCUT2D eigenvalue weighted by Crippen LogP contribution is -2.28. The Balaban J connectivity index is 0.996. The van der Waals surface area contributed by atoms with Crippen molar-refractivity contribution >= 4 is 27.8 Å². The third-order valence-electron chi connectivity index (χ3n) is 15.2.